The van der Waals surface area contributed by atoms with E-state index >= 15 is 0 Å². The van der Waals surface area contributed by atoms with Crippen LogP contribution in [-0.2, 0) is 11.3 Å². The van der Waals surface area contributed by atoms with Crippen molar-refractivity contribution in [2.45, 2.75) is 44.7 Å². The first-order valence-corrected chi connectivity index (χ1v) is 7.38. The van der Waals surface area contributed by atoms with Crippen LogP contribution in [-0.4, -0.2) is 34.9 Å². The van der Waals surface area contributed by atoms with Crippen molar-refractivity contribution < 1.29 is 9.53 Å². The van der Waals surface area contributed by atoms with E-state index in [1.165, 1.54) is 12.3 Å². The molecule has 2 rings (SSSR count). The third-order valence-electron chi connectivity index (χ3n) is 3.48. The Morgan fingerprint density at radius 1 is 1.48 bits per heavy atom. The summed E-state index contributed by atoms with van der Waals surface area (Å²) in [5.74, 6) is 0.231. The van der Waals surface area contributed by atoms with Crippen LogP contribution in [0.15, 0.2) is 17.1 Å². The van der Waals surface area contributed by atoms with Gasteiger partial charge >= 0.3 is 0 Å². The van der Waals surface area contributed by atoms with Crippen molar-refractivity contribution in [1.82, 2.24) is 15.1 Å². The molecule has 3 N–H and O–H groups in total. The molecule has 1 fully saturated rings. The number of nitrogens with two attached hydrogens (primary N) is 1. The molecule has 1 heterocycles. The van der Waals surface area contributed by atoms with Gasteiger partial charge in [-0.1, -0.05) is 12.8 Å². The standard InChI is InChI=1S/C14H22N4O3/c15-6-3-7-21-12-8-14(20)18(16-9-12)10-13(19)17-11-4-1-2-5-11/h8-9,11H,1-7,10,15H2,(H,17,19). The predicted octanol–water partition coefficient (Wildman–Crippen LogP) is 0.0297. The van der Waals surface area contributed by atoms with Crippen LogP contribution in [0.2, 0.25) is 0 Å². The van der Waals surface area contributed by atoms with Gasteiger partial charge in [-0.25, -0.2) is 4.68 Å². The lowest BCUT2D eigenvalue weighted by Gasteiger charge is -2.12. The maximum absolute atomic E-state index is 11.9. The molecular formula is C14H22N4O3. The average molecular weight is 294 g/mol. The molecule has 1 aromatic rings. The van der Waals surface area contributed by atoms with Crippen LogP contribution < -0.4 is 21.3 Å². The highest BCUT2D eigenvalue weighted by atomic mass is 16.5. The van der Waals surface area contributed by atoms with Crippen molar-refractivity contribution >= 4 is 5.91 Å². The number of carbonyl (C=O) groups excluding carboxylic acids is 1. The van der Waals surface area contributed by atoms with Gasteiger partial charge in [0.1, 0.15) is 12.3 Å². The number of amides is 1. The van der Waals surface area contributed by atoms with E-state index in [0.29, 0.717) is 25.3 Å². The van der Waals surface area contributed by atoms with Gasteiger partial charge in [0.15, 0.2) is 0 Å². The molecule has 0 bridgehead atoms. The lowest BCUT2D eigenvalue weighted by atomic mass is 10.2. The second kappa shape index (κ2) is 7.78. The second-order valence-electron chi connectivity index (χ2n) is 5.23. The molecular weight excluding hydrogens is 272 g/mol. The maximum atomic E-state index is 11.9. The zero-order valence-electron chi connectivity index (χ0n) is 12.1. The normalized spacial score (nSPS) is 15.1. The summed E-state index contributed by atoms with van der Waals surface area (Å²) in [5.41, 5.74) is 5.02. The van der Waals surface area contributed by atoms with Crippen LogP contribution in [0.25, 0.3) is 0 Å². The van der Waals surface area contributed by atoms with Crippen molar-refractivity contribution in [3.05, 3.63) is 22.6 Å². The fourth-order valence-electron chi connectivity index (χ4n) is 2.37. The highest BCUT2D eigenvalue weighted by Gasteiger charge is 2.17. The van der Waals surface area contributed by atoms with Crippen molar-refractivity contribution in [1.29, 1.82) is 0 Å². The van der Waals surface area contributed by atoms with Crippen LogP contribution in [0.3, 0.4) is 0 Å². The minimum Gasteiger partial charge on any atom is -0.492 e. The van der Waals surface area contributed by atoms with Crippen molar-refractivity contribution in [3.63, 3.8) is 0 Å². The summed E-state index contributed by atoms with van der Waals surface area (Å²) in [7, 11) is 0. The molecule has 116 valence electrons. The minimum atomic E-state index is -0.346. The number of carbonyl (C=O) groups is 1. The zero-order valence-corrected chi connectivity index (χ0v) is 12.1. The first-order chi connectivity index (χ1) is 10.2. The highest BCUT2D eigenvalue weighted by molar-refractivity contribution is 5.75. The van der Waals surface area contributed by atoms with E-state index in [2.05, 4.69) is 10.4 Å². The van der Waals surface area contributed by atoms with Gasteiger partial charge in [-0.3, -0.25) is 9.59 Å². The lowest BCUT2D eigenvalue weighted by Crippen LogP contribution is -2.38. The fourth-order valence-corrected chi connectivity index (χ4v) is 2.37. The zero-order chi connectivity index (χ0) is 15.1. The van der Waals surface area contributed by atoms with Gasteiger partial charge in [-0.05, 0) is 25.8 Å². The van der Waals surface area contributed by atoms with E-state index in [0.717, 1.165) is 30.4 Å². The SMILES string of the molecule is NCCCOc1cnn(CC(=O)NC2CCCC2)c(=O)c1. The largest absolute Gasteiger partial charge is 0.492 e. The van der Waals surface area contributed by atoms with Crippen LogP contribution in [0, 0.1) is 0 Å². The molecule has 21 heavy (non-hydrogen) atoms. The number of ether oxygens (including phenoxy) is 1. The Balaban J connectivity index is 1.87. The molecule has 1 amide bonds. The van der Waals surface area contributed by atoms with Gasteiger partial charge in [0, 0.05) is 12.1 Å². The molecule has 0 aliphatic heterocycles. The van der Waals surface area contributed by atoms with Crippen molar-refractivity contribution in [2.24, 2.45) is 5.73 Å². The molecule has 0 aromatic carbocycles. The van der Waals surface area contributed by atoms with E-state index in [1.807, 2.05) is 0 Å². The van der Waals surface area contributed by atoms with Gasteiger partial charge in [-0.15, -0.1) is 0 Å². The number of hydrogen-bond donors (Lipinski definition) is 2. The molecule has 0 saturated heterocycles. The molecule has 0 unspecified atom stereocenters. The smallest absolute Gasteiger partial charge is 0.270 e. The fraction of sp³-hybridized carbons (Fsp3) is 0.643. The minimum absolute atomic E-state index is 0.0571. The lowest BCUT2D eigenvalue weighted by molar-refractivity contribution is -0.122. The maximum Gasteiger partial charge on any atom is 0.270 e. The Morgan fingerprint density at radius 3 is 2.90 bits per heavy atom. The van der Waals surface area contributed by atoms with Gasteiger partial charge in [0.2, 0.25) is 5.91 Å². The van der Waals surface area contributed by atoms with Gasteiger partial charge < -0.3 is 15.8 Å². The third-order valence-corrected chi connectivity index (χ3v) is 3.48. The molecule has 1 aliphatic rings. The van der Waals surface area contributed by atoms with E-state index in [4.69, 9.17) is 10.5 Å². The van der Waals surface area contributed by atoms with E-state index in [1.54, 1.807) is 0 Å². The Bertz CT molecular complexity index is 523. The summed E-state index contributed by atoms with van der Waals surface area (Å²) in [6, 6.07) is 1.58. The summed E-state index contributed by atoms with van der Waals surface area (Å²) in [4.78, 5) is 23.7. The Morgan fingerprint density at radius 2 is 2.24 bits per heavy atom. The van der Waals surface area contributed by atoms with Gasteiger partial charge in [0.05, 0.1) is 12.8 Å². The van der Waals surface area contributed by atoms with Crippen LogP contribution in [0.5, 0.6) is 5.75 Å². The number of nitrogens with zero attached hydrogens (tertiary/aromatic N) is 2. The molecule has 0 radical (unpaired) electrons. The van der Waals surface area contributed by atoms with Crippen LogP contribution in [0.4, 0.5) is 0 Å². The summed E-state index contributed by atoms with van der Waals surface area (Å²) < 4.78 is 6.48. The number of aromatic nitrogens is 2. The topological polar surface area (TPSA) is 99.2 Å². The number of rotatable bonds is 7. The third kappa shape index (κ3) is 4.86. The average Bonchev–Trinajstić information content (AvgIpc) is 2.95. The summed E-state index contributed by atoms with van der Waals surface area (Å²) in [6.45, 7) is 0.925. The molecule has 7 heteroatoms. The van der Waals surface area contributed by atoms with E-state index < -0.39 is 0 Å². The van der Waals surface area contributed by atoms with E-state index in [-0.39, 0.29) is 24.1 Å². The summed E-state index contributed by atoms with van der Waals surface area (Å²) in [5, 5.41) is 6.89. The quantitative estimate of drug-likeness (QED) is 0.691. The van der Waals surface area contributed by atoms with Gasteiger partial charge in [0.25, 0.3) is 5.56 Å². The van der Waals surface area contributed by atoms with Crippen LogP contribution in [0.1, 0.15) is 32.1 Å². The Kier molecular flexibility index (Phi) is 5.74. The summed E-state index contributed by atoms with van der Waals surface area (Å²) >= 11 is 0. The van der Waals surface area contributed by atoms with Crippen molar-refractivity contribution in [3.8, 4) is 5.75 Å². The highest BCUT2D eigenvalue weighted by Crippen LogP contribution is 2.17. The number of nitrogens with one attached hydrogen (secondary N) is 1. The Hall–Kier alpha value is -1.89. The monoisotopic (exact) mass is 294 g/mol. The summed E-state index contributed by atoms with van der Waals surface area (Å²) in [6.07, 6.45) is 6.49. The van der Waals surface area contributed by atoms with Gasteiger partial charge in [-0.2, -0.15) is 5.10 Å². The predicted molar refractivity (Wildman–Crippen MR) is 78.1 cm³/mol. The molecule has 1 aliphatic carbocycles. The molecule has 0 atom stereocenters. The van der Waals surface area contributed by atoms with E-state index in [9.17, 15) is 9.59 Å². The molecule has 7 nitrogen and oxygen atoms in total. The molecule has 1 saturated carbocycles. The second-order valence-corrected chi connectivity index (χ2v) is 5.23. The van der Waals surface area contributed by atoms with Crippen molar-refractivity contribution in [2.75, 3.05) is 13.2 Å². The molecule has 0 spiro atoms. The number of hydrogen-bond acceptors (Lipinski definition) is 5. The first kappa shape index (κ1) is 15.5. The first-order valence-electron chi connectivity index (χ1n) is 7.38. The Labute approximate surface area is 123 Å². The molecule has 1 aromatic heterocycles. The van der Waals surface area contributed by atoms with Crippen LogP contribution >= 0.6 is 0 Å².